The molecule has 2 atom stereocenters. The molecule has 0 spiro atoms. The molecule has 5 N–H and O–H groups in total. The van der Waals surface area contributed by atoms with Crippen molar-refractivity contribution < 1.29 is 32.2 Å². The second-order valence-electron chi connectivity index (χ2n) is 6.79. The van der Waals surface area contributed by atoms with Gasteiger partial charge in [0.1, 0.15) is 29.3 Å². The number of pyridine rings is 1. The normalized spacial score (nSPS) is 21.0. The Morgan fingerprint density at radius 3 is 2.43 bits per heavy atom. The van der Waals surface area contributed by atoms with Crippen molar-refractivity contribution in [2.75, 3.05) is 13.2 Å². The Kier molecular flexibility index (Phi) is 4.59. The molecule has 6 nitrogen and oxygen atoms in total. The molecule has 1 amide bonds. The van der Waals surface area contributed by atoms with Crippen molar-refractivity contribution in [1.29, 1.82) is 0 Å². The number of carbonyl (C=O) groups excluding carboxylic acids is 1. The van der Waals surface area contributed by atoms with E-state index in [1.54, 1.807) is 0 Å². The molecule has 2 aromatic rings. The number of primary amides is 1. The first kappa shape index (κ1) is 20.0. The van der Waals surface area contributed by atoms with Crippen LogP contribution in [-0.4, -0.2) is 35.3 Å². The zero-order valence-electron chi connectivity index (χ0n) is 14.7. The Bertz CT molecular complexity index is 933. The van der Waals surface area contributed by atoms with E-state index >= 15 is 0 Å². The largest absolute Gasteiger partial charge is 0.489 e. The smallest absolute Gasteiger partial charge is 0.424 e. The van der Waals surface area contributed by atoms with Gasteiger partial charge in [0.15, 0.2) is 0 Å². The summed E-state index contributed by atoms with van der Waals surface area (Å²) in [4.78, 5) is 15.9. The maximum Gasteiger partial charge on any atom is 0.424 e. The summed E-state index contributed by atoms with van der Waals surface area (Å²) in [7, 11) is 0. The summed E-state index contributed by atoms with van der Waals surface area (Å²) in [5, 5.41) is 10.3. The Morgan fingerprint density at radius 1 is 1.32 bits per heavy atom. The van der Waals surface area contributed by atoms with Crippen LogP contribution in [-0.2, 0) is 15.8 Å². The fourth-order valence-corrected chi connectivity index (χ4v) is 2.97. The molecule has 1 aliphatic rings. The number of aliphatic hydroxyl groups is 1. The molecule has 1 aliphatic heterocycles. The monoisotopic (exact) mass is 399 g/mol. The lowest BCUT2D eigenvalue weighted by Gasteiger charge is -2.30. The first-order chi connectivity index (χ1) is 12.9. The molecule has 0 aliphatic carbocycles. The Balaban J connectivity index is 2.34. The Hall–Kier alpha value is -2.72. The topological polar surface area (TPSA) is 111 Å². The number of amides is 1. The van der Waals surface area contributed by atoms with Crippen molar-refractivity contribution >= 4 is 5.91 Å². The quantitative estimate of drug-likeness (QED) is 0.678. The minimum absolute atomic E-state index is 0.0400. The number of fused-ring (bicyclic) bond motifs is 1. The number of hydrogen-bond donors (Lipinski definition) is 3. The number of carbonyl (C=O) groups is 1. The van der Waals surface area contributed by atoms with Crippen LogP contribution in [0.3, 0.4) is 0 Å². The summed E-state index contributed by atoms with van der Waals surface area (Å²) in [6, 6.07) is 5.70. The van der Waals surface area contributed by atoms with Gasteiger partial charge in [0.05, 0.1) is 5.69 Å². The highest BCUT2D eigenvalue weighted by Crippen LogP contribution is 2.47. The third-order valence-corrected chi connectivity index (χ3v) is 4.92. The molecule has 0 unspecified atom stereocenters. The number of aromatic nitrogens is 1. The summed E-state index contributed by atoms with van der Waals surface area (Å²) in [6.45, 7) is -0.00215. The molecule has 1 aromatic heterocycles. The van der Waals surface area contributed by atoms with Gasteiger partial charge in [-0.05, 0) is 37.3 Å². The third kappa shape index (κ3) is 2.89. The Labute approximate surface area is 157 Å². The van der Waals surface area contributed by atoms with Crippen LogP contribution < -0.4 is 16.2 Å². The van der Waals surface area contributed by atoms with Gasteiger partial charge in [-0.3, -0.25) is 4.79 Å². The van der Waals surface area contributed by atoms with Crippen LogP contribution in [0.4, 0.5) is 17.6 Å². The van der Waals surface area contributed by atoms with Crippen molar-refractivity contribution in [2.45, 2.75) is 24.1 Å². The Morgan fingerprint density at radius 2 is 1.93 bits per heavy atom. The fraction of sp³-hybridized carbons (Fsp3) is 0.333. The average molecular weight is 399 g/mol. The molecule has 0 fully saturated rings. The zero-order valence-corrected chi connectivity index (χ0v) is 14.7. The van der Waals surface area contributed by atoms with E-state index in [4.69, 9.17) is 16.2 Å². The number of benzene rings is 1. The average Bonchev–Trinajstić information content (AvgIpc) is 2.98. The minimum atomic E-state index is -5.13. The van der Waals surface area contributed by atoms with Crippen LogP contribution in [0.25, 0.3) is 11.3 Å². The summed E-state index contributed by atoms with van der Waals surface area (Å²) in [5.74, 6) is -1.34. The molecule has 0 saturated heterocycles. The summed E-state index contributed by atoms with van der Waals surface area (Å²) in [5.41, 5.74) is 5.13. The molecular weight excluding hydrogens is 382 g/mol. The molecule has 28 heavy (non-hydrogen) atoms. The van der Waals surface area contributed by atoms with Gasteiger partial charge in [0.2, 0.25) is 11.5 Å². The minimum Gasteiger partial charge on any atom is -0.489 e. The van der Waals surface area contributed by atoms with Crippen molar-refractivity contribution in [3.63, 3.8) is 0 Å². The maximum atomic E-state index is 13.5. The van der Waals surface area contributed by atoms with Crippen molar-refractivity contribution in [2.24, 2.45) is 11.5 Å². The lowest BCUT2D eigenvalue weighted by molar-refractivity contribution is -0.263. The fourth-order valence-electron chi connectivity index (χ4n) is 2.97. The van der Waals surface area contributed by atoms with Gasteiger partial charge in [0.25, 0.3) is 0 Å². The van der Waals surface area contributed by atoms with E-state index in [1.165, 1.54) is 19.1 Å². The van der Waals surface area contributed by atoms with Gasteiger partial charge in [0, 0.05) is 17.7 Å². The highest BCUT2D eigenvalue weighted by Gasteiger charge is 2.56. The van der Waals surface area contributed by atoms with E-state index in [2.05, 4.69) is 4.98 Å². The van der Waals surface area contributed by atoms with Crippen molar-refractivity contribution in [3.05, 3.63) is 47.4 Å². The lowest BCUT2D eigenvalue weighted by Crippen LogP contribution is -2.49. The van der Waals surface area contributed by atoms with E-state index < -0.39 is 41.2 Å². The molecule has 0 radical (unpaired) electrons. The van der Waals surface area contributed by atoms with Crippen LogP contribution in [0, 0.1) is 5.82 Å². The molecular formula is C18H17F4N3O3. The van der Waals surface area contributed by atoms with Gasteiger partial charge >= 0.3 is 6.18 Å². The highest BCUT2D eigenvalue weighted by atomic mass is 19.4. The number of alkyl halides is 3. The zero-order chi connectivity index (χ0) is 20.9. The predicted octanol–water partition coefficient (Wildman–Crippen LogP) is 1.73. The van der Waals surface area contributed by atoms with Gasteiger partial charge in [-0.1, -0.05) is 0 Å². The maximum absolute atomic E-state index is 13.5. The molecule has 0 saturated carbocycles. The van der Waals surface area contributed by atoms with Gasteiger partial charge in [-0.15, -0.1) is 0 Å². The first-order valence-electron chi connectivity index (χ1n) is 8.18. The second kappa shape index (κ2) is 6.42. The molecule has 2 heterocycles. The second-order valence-corrected chi connectivity index (χ2v) is 6.79. The van der Waals surface area contributed by atoms with E-state index in [9.17, 15) is 27.5 Å². The van der Waals surface area contributed by atoms with Crippen LogP contribution in [0.15, 0.2) is 30.3 Å². The van der Waals surface area contributed by atoms with Crippen molar-refractivity contribution in [3.8, 4) is 17.0 Å². The number of ether oxygens (including phenoxy) is 1. The van der Waals surface area contributed by atoms with Crippen LogP contribution in [0.5, 0.6) is 5.75 Å². The molecule has 10 heteroatoms. The summed E-state index contributed by atoms with van der Waals surface area (Å²) >= 11 is 0. The first-order valence-corrected chi connectivity index (χ1v) is 8.18. The highest BCUT2D eigenvalue weighted by molar-refractivity contribution is 5.90. The van der Waals surface area contributed by atoms with Crippen LogP contribution >= 0.6 is 0 Å². The number of rotatable bonds is 4. The van der Waals surface area contributed by atoms with Gasteiger partial charge < -0.3 is 21.3 Å². The lowest BCUT2D eigenvalue weighted by atomic mass is 9.82. The summed E-state index contributed by atoms with van der Waals surface area (Å²) < 4.78 is 59.4. The van der Waals surface area contributed by atoms with Crippen molar-refractivity contribution in [1.82, 2.24) is 4.98 Å². The van der Waals surface area contributed by atoms with E-state index in [1.807, 2.05) is 0 Å². The number of nitrogens with two attached hydrogens (primary N) is 2. The standard InChI is InChI=1S/C18H17F4N3O3/c1-16(15(24)26)8-28-14-11(16)6-12(17(27,7-23)18(20,21)22)25-13(14)9-2-4-10(19)5-3-9/h2-6,27H,7-8,23H2,1H3,(H2,24,26)/t16-,17-/m0/s1. The predicted molar refractivity (Wildman–Crippen MR) is 90.7 cm³/mol. The van der Waals surface area contributed by atoms with Crippen LogP contribution in [0.1, 0.15) is 18.2 Å². The molecule has 3 rings (SSSR count). The van der Waals surface area contributed by atoms with E-state index in [0.717, 1.165) is 18.2 Å². The molecule has 0 bridgehead atoms. The van der Waals surface area contributed by atoms with Gasteiger partial charge in [-0.2, -0.15) is 13.2 Å². The number of hydrogen-bond acceptors (Lipinski definition) is 5. The number of nitrogens with zero attached hydrogens (tertiary/aromatic N) is 1. The SMILES string of the molecule is C[C@]1(C(N)=O)COc2c1cc([C@@](O)(CN)C(F)(F)F)nc2-c1ccc(F)cc1. The van der Waals surface area contributed by atoms with E-state index in [-0.39, 0.29) is 29.2 Å². The van der Waals surface area contributed by atoms with Crippen LogP contribution in [0.2, 0.25) is 0 Å². The summed E-state index contributed by atoms with van der Waals surface area (Å²) in [6.07, 6.45) is -5.13. The van der Waals surface area contributed by atoms with Gasteiger partial charge in [-0.25, -0.2) is 9.37 Å². The molecule has 1 aromatic carbocycles. The van der Waals surface area contributed by atoms with E-state index in [0.29, 0.717) is 0 Å². The molecule has 150 valence electrons. The number of halogens is 4. The third-order valence-electron chi connectivity index (χ3n) is 4.92.